The van der Waals surface area contributed by atoms with Gasteiger partial charge in [-0.25, -0.2) is 4.79 Å². The SMILES string of the molecule is CC(C)(C)OC(=O)N[C@@H]1CCC[C@@H]1N[C@@H]1C[C@H]2CC[C@H]1O2. The number of carbonyl (C=O) groups excluding carboxylic acids is 1. The van der Waals surface area contributed by atoms with Crippen molar-refractivity contribution in [2.75, 3.05) is 0 Å². The molecule has 21 heavy (non-hydrogen) atoms. The Kier molecular flexibility index (Phi) is 4.14. The van der Waals surface area contributed by atoms with Crippen LogP contribution in [-0.4, -0.2) is 42.0 Å². The summed E-state index contributed by atoms with van der Waals surface area (Å²) in [6, 6.07) is 0.999. The highest BCUT2D eigenvalue weighted by molar-refractivity contribution is 5.68. The quantitative estimate of drug-likeness (QED) is 0.839. The minimum absolute atomic E-state index is 0.180. The molecule has 3 aliphatic rings. The number of ether oxygens (including phenoxy) is 2. The summed E-state index contributed by atoms with van der Waals surface area (Å²) in [6.07, 6.45) is 7.37. The highest BCUT2D eigenvalue weighted by atomic mass is 16.6. The fourth-order valence-corrected chi connectivity index (χ4v) is 3.88. The molecule has 0 aromatic carbocycles. The molecule has 2 bridgehead atoms. The van der Waals surface area contributed by atoms with Crippen LogP contribution in [0.25, 0.3) is 0 Å². The minimum atomic E-state index is -0.440. The minimum Gasteiger partial charge on any atom is -0.444 e. The highest BCUT2D eigenvalue weighted by Crippen LogP contribution is 2.35. The van der Waals surface area contributed by atoms with E-state index in [4.69, 9.17) is 9.47 Å². The van der Waals surface area contributed by atoms with Crippen LogP contribution in [0.15, 0.2) is 0 Å². The van der Waals surface area contributed by atoms with E-state index < -0.39 is 5.60 Å². The van der Waals surface area contributed by atoms with Gasteiger partial charge in [0.15, 0.2) is 0 Å². The van der Waals surface area contributed by atoms with Crippen LogP contribution in [0.3, 0.4) is 0 Å². The van der Waals surface area contributed by atoms with Crippen LogP contribution in [-0.2, 0) is 9.47 Å². The van der Waals surface area contributed by atoms with Crippen molar-refractivity contribution in [2.45, 2.75) is 95.2 Å². The lowest BCUT2D eigenvalue weighted by Gasteiger charge is -2.29. The molecule has 1 saturated carbocycles. The van der Waals surface area contributed by atoms with E-state index >= 15 is 0 Å². The van der Waals surface area contributed by atoms with Gasteiger partial charge in [-0.1, -0.05) is 0 Å². The summed E-state index contributed by atoms with van der Waals surface area (Å²) in [5.41, 5.74) is -0.440. The highest BCUT2D eigenvalue weighted by Gasteiger charge is 2.43. The maximum Gasteiger partial charge on any atom is 0.407 e. The molecule has 2 N–H and O–H groups in total. The molecule has 0 aromatic heterocycles. The lowest BCUT2D eigenvalue weighted by Crippen LogP contribution is -2.52. The summed E-state index contributed by atoms with van der Waals surface area (Å²) in [4.78, 5) is 11.9. The number of rotatable bonds is 3. The van der Waals surface area contributed by atoms with Crippen LogP contribution in [0.5, 0.6) is 0 Å². The Morgan fingerprint density at radius 3 is 2.48 bits per heavy atom. The first kappa shape index (κ1) is 15.1. The molecule has 0 radical (unpaired) electrons. The molecule has 0 unspecified atom stereocenters. The number of carbonyl (C=O) groups is 1. The zero-order valence-electron chi connectivity index (χ0n) is 13.4. The largest absolute Gasteiger partial charge is 0.444 e. The van der Waals surface area contributed by atoms with Crippen molar-refractivity contribution >= 4 is 6.09 Å². The summed E-state index contributed by atoms with van der Waals surface area (Å²) in [6.45, 7) is 5.68. The van der Waals surface area contributed by atoms with Gasteiger partial charge in [0, 0.05) is 18.1 Å². The van der Waals surface area contributed by atoms with Crippen LogP contribution in [0.1, 0.15) is 59.3 Å². The maximum atomic E-state index is 11.9. The van der Waals surface area contributed by atoms with E-state index in [9.17, 15) is 4.79 Å². The molecule has 5 heteroatoms. The summed E-state index contributed by atoms with van der Waals surface area (Å²) < 4.78 is 11.3. The van der Waals surface area contributed by atoms with Crippen LogP contribution in [0.2, 0.25) is 0 Å². The first-order valence-corrected chi connectivity index (χ1v) is 8.32. The van der Waals surface area contributed by atoms with Gasteiger partial charge in [0.1, 0.15) is 5.60 Å². The van der Waals surface area contributed by atoms with Crippen LogP contribution < -0.4 is 10.6 Å². The van der Waals surface area contributed by atoms with Gasteiger partial charge in [0.25, 0.3) is 0 Å². The van der Waals surface area contributed by atoms with E-state index in [0.29, 0.717) is 24.3 Å². The standard InChI is InChI=1S/C16H28N2O3/c1-16(2,3)21-15(19)18-12-6-4-5-11(12)17-13-9-10-7-8-14(13)20-10/h10-14,17H,4-9H2,1-3H3,(H,18,19)/t10-,11+,12-,13-,14-/m1/s1. The Labute approximate surface area is 127 Å². The third-order valence-corrected chi connectivity index (χ3v) is 4.75. The van der Waals surface area contributed by atoms with Crippen molar-refractivity contribution in [3.8, 4) is 0 Å². The Morgan fingerprint density at radius 1 is 1.10 bits per heavy atom. The van der Waals surface area contributed by atoms with Gasteiger partial charge >= 0.3 is 6.09 Å². The van der Waals surface area contributed by atoms with Gasteiger partial charge in [0.05, 0.1) is 12.2 Å². The van der Waals surface area contributed by atoms with Gasteiger partial charge in [0.2, 0.25) is 0 Å². The van der Waals surface area contributed by atoms with E-state index in [1.54, 1.807) is 0 Å². The summed E-state index contributed by atoms with van der Waals surface area (Å²) in [5, 5.41) is 6.77. The molecular weight excluding hydrogens is 268 g/mol. The van der Waals surface area contributed by atoms with Gasteiger partial charge in [-0.2, -0.15) is 0 Å². The molecular formula is C16H28N2O3. The van der Waals surface area contributed by atoms with Gasteiger partial charge in [-0.3, -0.25) is 0 Å². The average molecular weight is 296 g/mol. The van der Waals surface area contributed by atoms with E-state index in [0.717, 1.165) is 25.7 Å². The number of hydrogen-bond donors (Lipinski definition) is 2. The van der Waals surface area contributed by atoms with Crippen molar-refractivity contribution in [1.29, 1.82) is 0 Å². The van der Waals surface area contributed by atoms with E-state index in [2.05, 4.69) is 10.6 Å². The molecule has 1 amide bonds. The maximum absolute atomic E-state index is 11.9. The molecule has 120 valence electrons. The van der Waals surface area contributed by atoms with E-state index in [1.807, 2.05) is 20.8 Å². The fourth-order valence-electron chi connectivity index (χ4n) is 3.88. The predicted molar refractivity (Wildman–Crippen MR) is 80.2 cm³/mol. The number of amides is 1. The van der Waals surface area contributed by atoms with Crippen molar-refractivity contribution in [1.82, 2.24) is 10.6 Å². The molecule has 2 heterocycles. The van der Waals surface area contributed by atoms with E-state index in [-0.39, 0.29) is 12.1 Å². The molecule has 0 aromatic rings. The molecule has 3 fully saturated rings. The van der Waals surface area contributed by atoms with Gasteiger partial charge in [-0.05, 0) is 59.3 Å². The second-order valence-electron chi connectivity index (χ2n) is 7.67. The summed E-state index contributed by atoms with van der Waals surface area (Å²) >= 11 is 0. The first-order chi connectivity index (χ1) is 9.90. The predicted octanol–water partition coefficient (Wildman–Crippen LogP) is 2.34. The monoisotopic (exact) mass is 296 g/mol. The number of nitrogens with one attached hydrogen (secondary N) is 2. The fraction of sp³-hybridized carbons (Fsp3) is 0.938. The Bertz CT molecular complexity index is 393. The molecule has 5 atom stereocenters. The third-order valence-electron chi connectivity index (χ3n) is 4.75. The molecule has 5 nitrogen and oxygen atoms in total. The second-order valence-corrected chi connectivity index (χ2v) is 7.67. The van der Waals surface area contributed by atoms with E-state index in [1.165, 1.54) is 12.8 Å². The molecule has 2 saturated heterocycles. The molecule has 1 aliphatic carbocycles. The molecule has 3 rings (SSSR count). The molecule has 0 spiro atoms. The molecule has 2 aliphatic heterocycles. The Hall–Kier alpha value is -0.810. The Balaban J connectivity index is 1.50. The van der Waals surface area contributed by atoms with Crippen molar-refractivity contribution < 1.29 is 14.3 Å². The lowest BCUT2D eigenvalue weighted by molar-refractivity contribution is 0.0495. The van der Waals surface area contributed by atoms with Crippen molar-refractivity contribution in [3.05, 3.63) is 0 Å². The summed E-state index contributed by atoms with van der Waals surface area (Å²) in [5.74, 6) is 0. The van der Waals surface area contributed by atoms with Gasteiger partial charge < -0.3 is 20.1 Å². The second kappa shape index (κ2) is 5.76. The normalized spacial score (nSPS) is 38.7. The van der Waals surface area contributed by atoms with Crippen molar-refractivity contribution in [2.24, 2.45) is 0 Å². The first-order valence-electron chi connectivity index (χ1n) is 8.32. The Morgan fingerprint density at radius 2 is 1.86 bits per heavy atom. The zero-order chi connectivity index (χ0) is 15.0. The summed E-state index contributed by atoms with van der Waals surface area (Å²) in [7, 11) is 0. The van der Waals surface area contributed by atoms with Crippen molar-refractivity contribution in [3.63, 3.8) is 0 Å². The van der Waals surface area contributed by atoms with Crippen LogP contribution in [0, 0.1) is 0 Å². The topological polar surface area (TPSA) is 59.6 Å². The van der Waals surface area contributed by atoms with Crippen LogP contribution >= 0.6 is 0 Å². The number of hydrogen-bond acceptors (Lipinski definition) is 4. The average Bonchev–Trinajstić information content (AvgIpc) is 3.04. The lowest BCUT2D eigenvalue weighted by atomic mass is 9.94. The smallest absolute Gasteiger partial charge is 0.407 e. The van der Waals surface area contributed by atoms with Crippen LogP contribution in [0.4, 0.5) is 4.79 Å². The zero-order valence-corrected chi connectivity index (χ0v) is 13.4. The third kappa shape index (κ3) is 3.69. The number of alkyl carbamates (subject to hydrolysis) is 1. The van der Waals surface area contributed by atoms with Gasteiger partial charge in [-0.15, -0.1) is 0 Å². The number of fused-ring (bicyclic) bond motifs is 2.